The van der Waals surface area contributed by atoms with Crippen LogP contribution in [0.4, 0.5) is 4.39 Å². The fraction of sp³-hybridized carbons (Fsp3) is 0.100. The first-order chi connectivity index (χ1) is 13.6. The number of oxazole rings is 1. The molecule has 0 unspecified atom stereocenters. The molecular weight excluding hydrogens is 363 g/mol. The molecule has 0 saturated heterocycles. The summed E-state index contributed by atoms with van der Waals surface area (Å²) < 4.78 is 20.4. The number of nitrogens with one attached hydrogen (secondary N) is 1. The minimum Gasteiger partial charge on any atom is -0.441 e. The average Bonchev–Trinajstić information content (AvgIpc) is 3.18. The molecule has 7 nitrogen and oxygen atoms in total. The van der Waals surface area contributed by atoms with E-state index in [1.54, 1.807) is 42.5 Å². The molecule has 0 saturated carbocycles. The Kier molecular flexibility index (Phi) is 4.67. The fourth-order valence-corrected chi connectivity index (χ4v) is 2.77. The summed E-state index contributed by atoms with van der Waals surface area (Å²) in [6.07, 6.45) is 2.93. The van der Waals surface area contributed by atoms with Gasteiger partial charge in [-0.3, -0.25) is 15.0 Å². The molecular formula is C20H15FN4O3. The summed E-state index contributed by atoms with van der Waals surface area (Å²) in [5, 5.41) is 0.410. The van der Waals surface area contributed by atoms with Crippen molar-refractivity contribution in [2.75, 3.05) is 5.43 Å². The normalized spacial score (nSPS) is 10.9. The van der Waals surface area contributed by atoms with Crippen LogP contribution in [-0.4, -0.2) is 20.6 Å². The average molecular weight is 378 g/mol. The van der Waals surface area contributed by atoms with E-state index in [1.807, 2.05) is 0 Å². The van der Waals surface area contributed by atoms with Gasteiger partial charge in [0.15, 0.2) is 11.7 Å². The van der Waals surface area contributed by atoms with E-state index < -0.39 is 11.7 Å². The number of aromatic nitrogens is 3. The Balaban J connectivity index is 1.42. The Labute approximate surface area is 158 Å². The molecule has 0 aliphatic heterocycles. The van der Waals surface area contributed by atoms with E-state index >= 15 is 0 Å². The first kappa shape index (κ1) is 17.6. The molecule has 1 amide bonds. The lowest BCUT2D eigenvalue weighted by Gasteiger charge is -2.07. The van der Waals surface area contributed by atoms with Gasteiger partial charge in [-0.15, -0.1) is 0 Å². The van der Waals surface area contributed by atoms with Gasteiger partial charge in [0, 0.05) is 12.8 Å². The Morgan fingerprint density at radius 3 is 2.75 bits per heavy atom. The minimum atomic E-state index is -0.411. The molecule has 2 aromatic heterocycles. The van der Waals surface area contributed by atoms with Crippen molar-refractivity contribution in [1.82, 2.24) is 14.6 Å². The second kappa shape index (κ2) is 7.43. The highest BCUT2D eigenvalue weighted by Gasteiger charge is 2.12. The Morgan fingerprint density at radius 2 is 1.89 bits per heavy atom. The van der Waals surface area contributed by atoms with Crippen molar-refractivity contribution >= 4 is 16.8 Å². The highest BCUT2D eigenvalue weighted by Crippen LogP contribution is 2.23. The Morgan fingerprint density at radius 1 is 1.11 bits per heavy atom. The maximum Gasteiger partial charge on any atom is 0.280 e. The number of hydrogen-bond donors (Lipinski definition) is 1. The summed E-state index contributed by atoms with van der Waals surface area (Å²) in [6, 6.07) is 13.1. The van der Waals surface area contributed by atoms with Crippen LogP contribution in [0.1, 0.15) is 12.3 Å². The molecule has 0 radical (unpaired) electrons. The van der Waals surface area contributed by atoms with Crippen LogP contribution in [0, 0.1) is 5.82 Å². The molecule has 0 bridgehead atoms. The lowest BCUT2D eigenvalue weighted by molar-refractivity contribution is -0.117. The zero-order valence-electron chi connectivity index (χ0n) is 14.6. The number of halogens is 1. The molecule has 8 heteroatoms. The van der Waals surface area contributed by atoms with Crippen LogP contribution in [-0.2, 0) is 11.2 Å². The third-order valence-corrected chi connectivity index (χ3v) is 4.17. The number of aryl methyl sites for hydroxylation is 1. The van der Waals surface area contributed by atoms with E-state index in [0.29, 0.717) is 28.1 Å². The van der Waals surface area contributed by atoms with Crippen molar-refractivity contribution in [3.63, 3.8) is 0 Å². The molecule has 28 heavy (non-hydrogen) atoms. The standard InChI is InChI=1S/C20H15FN4O3/c21-15-7-3-1-5-13(15)17-11-22-19(28-17)10-9-18(26)24-25-12-23-16-8-4-2-6-14(16)20(25)27/h1-8,11-12H,9-10H2,(H,24,26). The Hall–Kier alpha value is -3.81. The summed E-state index contributed by atoms with van der Waals surface area (Å²) in [4.78, 5) is 32.8. The zero-order chi connectivity index (χ0) is 19.5. The van der Waals surface area contributed by atoms with Crippen molar-refractivity contribution < 1.29 is 13.6 Å². The molecule has 0 spiro atoms. The second-order valence-corrected chi connectivity index (χ2v) is 6.07. The van der Waals surface area contributed by atoms with Gasteiger partial charge in [0.1, 0.15) is 12.1 Å². The third kappa shape index (κ3) is 3.52. The number of nitrogens with zero attached hydrogens (tertiary/aromatic N) is 3. The summed E-state index contributed by atoms with van der Waals surface area (Å²) in [5.74, 6) is -0.211. The van der Waals surface area contributed by atoms with Crippen LogP contribution in [0.15, 0.2) is 70.3 Å². The van der Waals surface area contributed by atoms with Gasteiger partial charge in [-0.05, 0) is 24.3 Å². The highest BCUT2D eigenvalue weighted by molar-refractivity contribution is 5.84. The first-order valence-corrected chi connectivity index (χ1v) is 8.57. The maximum atomic E-state index is 13.8. The molecule has 0 atom stereocenters. The third-order valence-electron chi connectivity index (χ3n) is 4.17. The number of benzene rings is 2. The quantitative estimate of drug-likeness (QED) is 0.577. The van der Waals surface area contributed by atoms with Crippen molar-refractivity contribution in [2.45, 2.75) is 12.8 Å². The molecule has 2 heterocycles. The lowest BCUT2D eigenvalue weighted by Crippen LogP contribution is -2.33. The number of carbonyl (C=O) groups is 1. The molecule has 1 N–H and O–H groups in total. The second-order valence-electron chi connectivity index (χ2n) is 6.07. The topological polar surface area (TPSA) is 90.0 Å². The van der Waals surface area contributed by atoms with E-state index in [2.05, 4.69) is 15.4 Å². The van der Waals surface area contributed by atoms with Gasteiger partial charge in [-0.1, -0.05) is 24.3 Å². The van der Waals surface area contributed by atoms with Gasteiger partial charge >= 0.3 is 0 Å². The smallest absolute Gasteiger partial charge is 0.280 e. The minimum absolute atomic E-state index is 0.0382. The molecule has 0 fully saturated rings. The van der Waals surface area contributed by atoms with Gasteiger partial charge in [-0.25, -0.2) is 19.0 Å². The largest absolute Gasteiger partial charge is 0.441 e. The molecule has 0 aliphatic rings. The number of amides is 1. The van der Waals surface area contributed by atoms with E-state index in [0.717, 1.165) is 4.68 Å². The van der Waals surface area contributed by atoms with Gasteiger partial charge in [0.25, 0.3) is 5.56 Å². The van der Waals surface area contributed by atoms with E-state index in [9.17, 15) is 14.0 Å². The monoisotopic (exact) mass is 378 g/mol. The van der Waals surface area contributed by atoms with E-state index in [1.165, 1.54) is 18.6 Å². The SMILES string of the molecule is O=C(CCc1ncc(-c2ccccc2F)o1)Nn1cnc2ccccc2c1=O. The van der Waals surface area contributed by atoms with Crippen molar-refractivity contribution in [3.8, 4) is 11.3 Å². The summed E-state index contributed by atoms with van der Waals surface area (Å²) in [7, 11) is 0. The molecule has 4 aromatic rings. The highest BCUT2D eigenvalue weighted by atomic mass is 19.1. The summed E-state index contributed by atoms with van der Waals surface area (Å²) >= 11 is 0. The van der Waals surface area contributed by atoms with Gasteiger partial charge in [-0.2, -0.15) is 0 Å². The van der Waals surface area contributed by atoms with Crippen LogP contribution in [0.5, 0.6) is 0 Å². The van der Waals surface area contributed by atoms with Crippen LogP contribution in [0.2, 0.25) is 0 Å². The maximum absolute atomic E-state index is 13.8. The number of carbonyl (C=O) groups excluding carboxylic acids is 1. The van der Waals surface area contributed by atoms with Gasteiger partial charge < -0.3 is 4.42 Å². The predicted molar refractivity (Wildman–Crippen MR) is 101 cm³/mol. The summed E-state index contributed by atoms with van der Waals surface area (Å²) in [6.45, 7) is 0. The van der Waals surface area contributed by atoms with Gasteiger partial charge in [0.05, 0.1) is 22.7 Å². The molecule has 0 aliphatic carbocycles. The number of para-hydroxylation sites is 1. The van der Waals surface area contributed by atoms with E-state index in [4.69, 9.17) is 4.42 Å². The first-order valence-electron chi connectivity index (χ1n) is 8.57. The lowest BCUT2D eigenvalue weighted by atomic mass is 10.2. The van der Waals surface area contributed by atoms with E-state index in [-0.39, 0.29) is 18.4 Å². The van der Waals surface area contributed by atoms with Crippen molar-refractivity contribution in [2.24, 2.45) is 0 Å². The predicted octanol–water partition coefficient (Wildman–Crippen LogP) is 2.89. The number of rotatable bonds is 5. The van der Waals surface area contributed by atoms with Crippen LogP contribution in [0.25, 0.3) is 22.2 Å². The summed E-state index contributed by atoms with van der Waals surface area (Å²) in [5.41, 5.74) is 2.99. The molecule has 4 rings (SSSR count). The number of fused-ring (bicyclic) bond motifs is 1. The zero-order valence-corrected chi connectivity index (χ0v) is 14.6. The molecule has 2 aromatic carbocycles. The Bertz CT molecular complexity index is 1220. The van der Waals surface area contributed by atoms with Crippen molar-refractivity contribution in [3.05, 3.63) is 83.1 Å². The fourth-order valence-electron chi connectivity index (χ4n) is 2.77. The van der Waals surface area contributed by atoms with Crippen LogP contribution < -0.4 is 11.0 Å². The molecule has 140 valence electrons. The van der Waals surface area contributed by atoms with Crippen molar-refractivity contribution in [1.29, 1.82) is 0 Å². The van der Waals surface area contributed by atoms with Crippen LogP contribution in [0.3, 0.4) is 0 Å². The number of hydrogen-bond acceptors (Lipinski definition) is 5. The van der Waals surface area contributed by atoms with Crippen LogP contribution >= 0.6 is 0 Å². The van der Waals surface area contributed by atoms with Gasteiger partial charge in [0.2, 0.25) is 5.91 Å².